The van der Waals surface area contributed by atoms with Crippen LogP contribution in [0.3, 0.4) is 0 Å². The number of nitrogens with two attached hydrogens (primary N) is 1. The number of rotatable bonds is 3. The van der Waals surface area contributed by atoms with E-state index in [1.807, 2.05) is 0 Å². The van der Waals surface area contributed by atoms with Crippen LogP contribution in [0.4, 0.5) is 13.2 Å². The van der Waals surface area contributed by atoms with Crippen LogP contribution < -0.4 is 5.73 Å². The van der Waals surface area contributed by atoms with E-state index in [1.54, 1.807) is 5.38 Å². The molecular formula is C11H10F3N3S. The number of alkyl halides is 3. The second-order valence-corrected chi connectivity index (χ2v) is 4.44. The molecule has 0 fully saturated rings. The molecule has 1 aromatic heterocycles. The molecule has 2 rings (SSSR count). The monoisotopic (exact) mass is 273 g/mol. The molecule has 1 aromatic carbocycles. The van der Waals surface area contributed by atoms with Crippen LogP contribution >= 0.6 is 11.5 Å². The van der Waals surface area contributed by atoms with Crippen LogP contribution in [0.1, 0.15) is 22.9 Å². The highest BCUT2D eigenvalue weighted by Crippen LogP contribution is 2.29. The number of halogens is 3. The van der Waals surface area contributed by atoms with Crippen molar-refractivity contribution in [3.63, 3.8) is 0 Å². The van der Waals surface area contributed by atoms with Crippen molar-refractivity contribution in [2.45, 2.75) is 18.6 Å². The number of nitrogens with zero attached hydrogens (tertiary/aromatic N) is 2. The minimum Gasteiger partial charge on any atom is -0.322 e. The van der Waals surface area contributed by atoms with Gasteiger partial charge in [-0.15, -0.1) is 5.10 Å². The number of benzene rings is 1. The Bertz CT molecular complexity index is 493. The summed E-state index contributed by atoms with van der Waals surface area (Å²) >= 11 is 1.19. The van der Waals surface area contributed by atoms with Gasteiger partial charge in [-0.1, -0.05) is 16.6 Å². The van der Waals surface area contributed by atoms with E-state index >= 15 is 0 Å². The number of hydrogen-bond donors (Lipinski definition) is 1. The van der Waals surface area contributed by atoms with E-state index < -0.39 is 11.7 Å². The maximum Gasteiger partial charge on any atom is 0.416 e. The van der Waals surface area contributed by atoms with Crippen LogP contribution in [0, 0.1) is 0 Å². The third-order valence-corrected chi connectivity index (χ3v) is 3.02. The van der Waals surface area contributed by atoms with E-state index in [9.17, 15) is 13.2 Å². The SMILES string of the molecule is NC(Cc1ccc(C(F)(F)F)cc1)c1csnn1. The Morgan fingerprint density at radius 2 is 1.89 bits per heavy atom. The van der Waals surface area contributed by atoms with Crippen LogP contribution in [0.2, 0.25) is 0 Å². The van der Waals surface area contributed by atoms with Gasteiger partial charge in [0.2, 0.25) is 0 Å². The van der Waals surface area contributed by atoms with Crippen molar-refractivity contribution in [3.8, 4) is 0 Å². The molecule has 7 heteroatoms. The van der Waals surface area contributed by atoms with E-state index in [0.717, 1.165) is 17.7 Å². The van der Waals surface area contributed by atoms with Gasteiger partial charge in [0.1, 0.15) is 0 Å². The van der Waals surface area contributed by atoms with E-state index in [4.69, 9.17) is 5.73 Å². The fourth-order valence-electron chi connectivity index (χ4n) is 1.52. The summed E-state index contributed by atoms with van der Waals surface area (Å²) < 4.78 is 40.8. The second kappa shape index (κ2) is 5.03. The van der Waals surface area contributed by atoms with Gasteiger partial charge < -0.3 is 5.73 Å². The van der Waals surface area contributed by atoms with Gasteiger partial charge >= 0.3 is 6.18 Å². The van der Waals surface area contributed by atoms with Gasteiger partial charge in [-0.05, 0) is 35.6 Å². The van der Waals surface area contributed by atoms with Gasteiger partial charge in [0, 0.05) is 5.38 Å². The molecule has 18 heavy (non-hydrogen) atoms. The minimum absolute atomic E-state index is 0.347. The molecule has 0 aliphatic rings. The summed E-state index contributed by atoms with van der Waals surface area (Å²) in [5, 5.41) is 5.56. The molecular weight excluding hydrogens is 263 g/mol. The lowest BCUT2D eigenvalue weighted by Crippen LogP contribution is -2.14. The van der Waals surface area contributed by atoms with E-state index in [-0.39, 0.29) is 6.04 Å². The number of hydrogen-bond acceptors (Lipinski definition) is 4. The molecule has 0 saturated heterocycles. The Morgan fingerprint density at radius 3 is 2.39 bits per heavy atom. The predicted molar refractivity (Wildman–Crippen MR) is 62.0 cm³/mol. The summed E-state index contributed by atoms with van der Waals surface area (Å²) in [6, 6.07) is 4.63. The summed E-state index contributed by atoms with van der Waals surface area (Å²) in [6.07, 6.45) is -3.87. The van der Waals surface area contributed by atoms with Gasteiger partial charge in [-0.3, -0.25) is 0 Å². The van der Waals surface area contributed by atoms with Crippen LogP contribution in [0.25, 0.3) is 0 Å². The number of aromatic nitrogens is 2. The third-order valence-electron chi connectivity index (χ3n) is 2.49. The molecule has 0 amide bonds. The minimum atomic E-state index is -4.31. The fourth-order valence-corrected chi connectivity index (χ4v) is 2.04. The van der Waals surface area contributed by atoms with E-state index in [0.29, 0.717) is 12.1 Å². The van der Waals surface area contributed by atoms with Crippen LogP contribution in [0.15, 0.2) is 29.6 Å². The molecule has 0 aliphatic carbocycles. The van der Waals surface area contributed by atoms with Crippen molar-refractivity contribution in [1.82, 2.24) is 9.59 Å². The third kappa shape index (κ3) is 3.05. The van der Waals surface area contributed by atoms with Gasteiger partial charge in [-0.2, -0.15) is 13.2 Å². The van der Waals surface area contributed by atoms with Gasteiger partial charge in [0.05, 0.1) is 17.3 Å². The molecule has 3 nitrogen and oxygen atoms in total. The van der Waals surface area contributed by atoms with Crippen molar-refractivity contribution < 1.29 is 13.2 Å². The van der Waals surface area contributed by atoms with E-state index in [2.05, 4.69) is 9.59 Å². The van der Waals surface area contributed by atoms with Crippen molar-refractivity contribution >= 4 is 11.5 Å². The lowest BCUT2D eigenvalue weighted by atomic mass is 10.0. The topological polar surface area (TPSA) is 51.8 Å². The summed E-state index contributed by atoms with van der Waals surface area (Å²) in [5.41, 5.74) is 6.61. The Labute approximate surface area is 106 Å². The van der Waals surface area contributed by atoms with Crippen LogP contribution in [-0.2, 0) is 12.6 Å². The summed E-state index contributed by atoms with van der Waals surface area (Å²) in [4.78, 5) is 0. The molecule has 0 saturated carbocycles. The van der Waals surface area contributed by atoms with Crippen molar-refractivity contribution in [3.05, 3.63) is 46.5 Å². The average molecular weight is 273 g/mol. The lowest BCUT2D eigenvalue weighted by molar-refractivity contribution is -0.137. The molecule has 2 N–H and O–H groups in total. The first-order valence-corrected chi connectivity index (χ1v) is 5.99. The average Bonchev–Trinajstić information content (AvgIpc) is 2.82. The zero-order chi connectivity index (χ0) is 13.2. The smallest absolute Gasteiger partial charge is 0.322 e. The largest absolute Gasteiger partial charge is 0.416 e. The van der Waals surface area contributed by atoms with Gasteiger partial charge in [0.25, 0.3) is 0 Å². The lowest BCUT2D eigenvalue weighted by Gasteiger charge is -2.10. The Kier molecular flexibility index (Phi) is 3.63. The normalized spacial score (nSPS) is 13.6. The van der Waals surface area contributed by atoms with E-state index in [1.165, 1.54) is 23.7 Å². The molecule has 2 aromatic rings. The Hall–Kier alpha value is -1.47. The zero-order valence-corrected chi connectivity index (χ0v) is 10.0. The summed E-state index contributed by atoms with van der Waals surface area (Å²) in [7, 11) is 0. The van der Waals surface area contributed by atoms with Crippen molar-refractivity contribution in [1.29, 1.82) is 0 Å². The Morgan fingerprint density at radius 1 is 1.22 bits per heavy atom. The standard InChI is InChI=1S/C11H10F3N3S/c12-11(13,14)8-3-1-7(2-4-8)5-9(15)10-6-18-17-16-10/h1-4,6,9H,5,15H2. The zero-order valence-electron chi connectivity index (χ0n) is 9.19. The van der Waals surface area contributed by atoms with Crippen molar-refractivity contribution in [2.24, 2.45) is 5.73 Å². The fraction of sp³-hybridized carbons (Fsp3) is 0.273. The molecule has 96 valence electrons. The maximum absolute atomic E-state index is 12.4. The Balaban J connectivity index is 2.07. The van der Waals surface area contributed by atoms with Crippen LogP contribution in [-0.4, -0.2) is 9.59 Å². The molecule has 0 bridgehead atoms. The molecule has 0 aliphatic heterocycles. The first-order chi connectivity index (χ1) is 8.47. The highest BCUT2D eigenvalue weighted by molar-refractivity contribution is 7.03. The molecule has 1 atom stereocenters. The first-order valence-electron chi connectivity index (χ1n) is 5.15. The molecule has 0 radical (unpaired) electrons. The van der Waals surface area contributed by atoms with Gasteiger partial charge in [-0.25, -0.2) is 0 Å². The summed E-state index contributed by atoms with van der Waals surface area (Å²) in [6.45, 7) is 0. The molecule has 0 spiro atoms. The highest BCUT2D eigenvalue weighted by Gasteiger charge is 2.29. The quantitative estimate of drug-likeness (QED) is 0.935. The predicted octanol–water partition coefficient (Wildman–Crippen LogP) is 2.80. The molecule has 1 unspecified atom stereocenters. The van der Waals surface area contributed by atoms with Crippen LogP contribution in [0.5, 0.6) is 0 Å². The highest BCUT2D eigenvalue weighted by atomic mass is 32.1. The molecule has 1 heterocycles. The summed E-state index contributed by atoms with van der Waals surface area (Å²) in [5.74, 6) is 0. The first kappa shape index (κ1) is 13.0. The van der Waals surface area contributed by atoms with Crippen molar-refractivity contribution in [2.75, 3.05) is 0 Å². The van der Waals surface area contributed by atoms with Gasteiger partial charge in [0.15, 0.2) is 0 Å². The second-order valence-electron chi connectivity index (χ2n) is 3.84. The maximum atomic E-state index is 12.4.